The van der Waals surface area contributed by atoms with Gasteiger partial charge in [0.2, 0.25) is 0 Å². The Morgan fingerprint density at radius 1 is 1.38 bits per heavy atom. The number of aromatic nitrogens is 1. The monoisotopic (exact) mass is 179 g/mol. The highest BCUT2D eigenvalue weighted by Crippen LogP contribution is 2.21. The second kappa shape index (κ2) is 3.62. The highest BCUT2D eigenvalue weighted by molar-refractivity contribution is 5.65. The molecule has 1 saturated heterocycles. The number of ether oxygens (including phenoxy) is 1. The van der Waals surface area contributed by atoms with Crippen molar-refractivity contribution >= 4 is 11.4 Å². The molecule has 1 aromatic heterocycles. The molecule has 0 atom stereocenters. The minimum Gasteiger partial charge on any atom is -0.397 e. The van der Waals surface area contributed by atoms with Gasteiger partial charge in [0, 0.05) is 19.3 Å². The van der Waals surface area contributed by atoms with Crippen molar-refractivity contribution in [3.63, 3.8) is 0 Å². The van der Waals surface area contributed by atoms with Crippen molar-refractivity contribution in [2.75, 3.05) is 36.9 Å². The number of nitrogens with two attached hydrogens (primary N) is 1. The lowest BCUT2D eigenvalue weighted by Gasteiger charge is -2.29. The lowest BCUT2D eigenvalue weighted by molar-refractivity contribution is 0.122. The molecule has 2 heterocycles. The normalized spacial score (nSPS) is 17.4. The van der Waals surface area contributed by atoms with Gasteiger partial charge in [0.25, 0.3) is 0 Å². The van der Waals surface area contributed by atoms with E-state index in [0.29, 0.717) is 0 Å². The van der Waals surface area contributed by atoms with Crippen LogP contribution in [-0.4, -0.2) is 31.3 Å². The van der Waals surface area contributed by atoms with Crippen molar-refractivity contribution in [1.82, 2.24) is 4.98 Å². The number of rotatable bonds is 1. The second-order valence-corrected chi connectivity index (χ2v) is 3.03. The van der Waals surface area contributed by atoms with Crippen LogP contribution in [0.15, 0.2) is 18.5 Å². The highest BCUT2D eigenvalue weighted by Gasteiger charge is 2.12. The molecule has 0 unspecified atom stereocenters. The summed E-state index contributed by atoms with van der Waals surface area (Å²) in [4.78, 5) is 6.26. The average molecular weight is 179 g/mol. The van der Waals surface area contributed by atoms with Gasteiger partial charge >= 0.3 is 0 Å². The van der Waals surface area contributed by atoms with Gasteiger partial charge in [-0.05, 0) is 6.07 Å². The van der Waals surface area contributed by atoms with E-state index in [1.54, 1.807) is 12.4 Å². The first-order valence-corrected chi connectivity index (χ1v) is 4.40. The number of nitrogens with zero attached hydrogens (tertiary/aromatic N) is 2. The fourth-order valence-electron chi connectivity index (χ4n) is 1.47. The molecule has 1 fully saturated rings. The van der Waals surface area contributed by atoms with Gasteiger partial charge in [-0.3, -0.25) is 4.98 Å². The highest BCUT2D eigenvalue weighted by atomic mass is 16.5. The van der Waals surface area contributed by atoms with E-state index in [9.17, 15) is 0 Å². The Balaban J connectivity index is 2.18. The number of anilines is 2. The number of hydrogen-bond donors (Lipinski definition) is 1. The molecule has 13 heavy (non-hydrogen) atoms. The summed E-state index contributed by atoms with van der Waals surface area (Å²) in [5.74, 6) is 0. The number of hydrogen-bond acceptors (Lipinski definition) is 4. The predicted molar refractivity (Wildman–Crippen MR) is 51.7 cm³/mol. The summed E-state index contributed by atoms with van der Waals surface area (Å²) in [5.41, 5.74) is 7.64. The molecule has 0 bridgehead atoms. The zero-order valence-corrected chi connectivity index (χ0v) is 7.44. The minimum absolute atomic E-state index is 0.772. The molecular weight excluding hydrogens is 166 g/mol. The average Bonchev–Trinajstić information content (AvgIpc) is 2.20. The van der Waals surface area contributed by atoms with Crippen LogP contribution in [0.3, 0.4) is 0 Å². The van der Waals surface area contributed by atoms with Crippen LogP contribution in [0.5, 0.6) is 0 Å². The van der Waals surface area contributed by atoms with E-state index in [2.05, 4.69) is 9.88 Å². The van der Waals surface area contributed by atoms with Crippen LogP contribution in [0, 0.1) is 0 Å². The minimum atomic E-state index is 0.772. The molecule has 0 saturated carbocycles. The van der Waals surface area contributed by atoms with Crippen LogP contribution in [0.2, 0.25) is 0 Å². The zero-order valence-electron chi connectivity index (χ0n) is 7.44. The van der Waals surface area contributed by atoms with E-state index in [4.69, 9.17) is 10.5 Å². The molecule has 2 N–H and O–H groups in total. The molecule has 1 aliphatic heterocycles. The van der Waals surface area contributed by atoms with E-state index < -0.39 is 0 Å². The Kier molecular flexibility index (Phi) is 2.31. The van der Waals surface area contributed by atoms with Gasteiger partial charge in [-0.2, -0.15) is 0 Å². The van der Waals surface area contributed by atoms with Crippen molar-refractivity contribution < 1.29 is 4.74 Å². The van der Waals surface area contributed by atoms with E-state index in [-0.39, 0.29) is 0 Å². The SMILES string of the molecule is Nc1ccncc1N1CCOCC1. The summed E-state index contributed by atoms with van der Waals surface area (Å²) in [7, 11) is 0. The van der Waals surface area contributed by atoms with Crippen molar-refractivity contribution in [3.05, 3.63) is 18.5 Å². The van der Waals surface area contributed by atoms with Gasteiger partial charge in [-0.1, -0.05) is 0 Å². The van der Waals surface area contributed by atoms with Crippen molar-refractivity contribution in [1.29, 1.82) is 0 Å². The molecule has 1 aromatic rings. The Labute approximate surface area is 77.3 Å². The van der Waals surface area contributed by atoms with Crippen LogP contribution in [0.4, 0.5) is 11.4 Å². The van der Waals surface area contributed by atoms with E-state index in [1.165, 1.54) is 0 Å². The Bertz CT molecular complexity index is 284. The molecule has 0 radical (unpaired) electrons. The van der Waals surface area contributed by atoms with Gasteiger partial charge in [-0.25, -0.2) is 0 Å². The second-order valence-electron chi connectivity index (χ2n) is 3.03. The van der Waals surface area contributed by atoms with E-state index >= 15 is 0 Å². The summed E-state index contributed by atoms with van der Waals surface area (Å²) >= 11 is 0. The quantitative estimate of drug-likeness (QED) is 0.682. The molecule has 1 aliphatic rings. The molecule has 0 amide bonds. The molecule has 4 heteroatoms. The van der Waals surface area contributed by atoms with E-state index in [1.807, 2.05) is 6.07 Å². The van der Waals surface area contributed by atoms with E-state index in [0.717, 1.165) is 37.7 Å². The summed E-state index contributed by atoms with van der Waals surface area (Å²) in [6, 6.07) is 1.82. The summed E-state index contributed by atoms with van der Waals surface area (Å²) < 4.78 is 5.26. The van der Waals surface area contributed by atoms with Crippen LogP contribution in [-0.2, 0) is 4.74 Å². The van der Waals surface area contributed by atoms with Gasteiger partial charge in [-0.15, -0.1) is 0 Å². The molecule has 2 rings (SSSR count). The maximum Gasteiger partial charge on any atom is 0.0787 e. The predicted octanol–water partition coefficient (Wildman–Crippen LogP) is 0.500. The Morgan fingerprint density at radius 2 is 2.15 bits per heavy atom. The fraction of sp³-hybridized carbons (Fsp3) is 0.444. The van der Waals surface area contributed by atoms with Crippen LogP contribution >= 0.6 is 0 Å². The first-order valence-electron chi connectivity index (χ1n) is 4.40. The van der Waals surface area contributed by atoms with Gasteiger partial charge in [0.15, 0.2) is 0 Å². The molecule has 0 spiro atoms. The topological polar surface area (TPSA) is 51.4 Å². The third-order valence-corrected chi connectivity index (χ3v) is 2.18. The standard InChI is InChI=1S/C9H13N3O/c10-8-1-2-11-7-9(8)12-3-5-13-6-4-12/h1-2,7H,3-6H2,(H2,10,11). The number of pyridine rings is 1. The largest absolute Gasteiger partial charge is 0.397 e. The molecule has 4 nitrogen and oxygen atoms in total. The first-order chi connectivity index (χ1) is 6.38. The maximum absolute atomic E-state index is 5.83. The van der Waals surface area contributed by atoms with Crippen molar-refractivity contribution in [3.8, 4) is 0 Å². The molecule has 70 valence electrons. The van der Waals surface area contributed by atoms with Crippen molar-refractivity contribution in [2.24, 2.45) is 0 Å². The molecular formula is C9H13N3O. The van der Waals surface area contributed by atoms with Crippen LogP contribution in [0.25, 0.3) is 0 Å². The Morgan fingerprint density at radius 3 is 2.85 bits per heavy atom. The third-order valence-electron chi connectivity index (χ3n) is 2.18. The van der Waals surface area contributed by atoms with Crippen molar-refractivity contribution in [2.45, 2.75) is 0 Å². The van der Waals surface area contributed by atoms with Gasteiger partial charge < -0.3 is 15.4 Å². The number of morpholine rings is 1. The lowest BCUT2D eigenvalue weighted by Crippen LogP contribution is -2.36. The van der Waals surface area contributed by atoms with Gasteiger partial charge in [0.1, 0.15) is 0 Å². The molecule has 0 aromatic carbocycles. The lowest BCUT2D eigenvalue weighted by atomic mass is 10.3. The first kappa shape index (κ1) is 8.31. The van der Waals surface area contributed by atoms with Gasteiger partial charge in [0.05, 0.1) is 30.8 Å². The van der Waals surface area contributed by atoms with Crippen LogP contribution in [0.1, 0.15) is 0 Å². The van der Waals surface area contributed by atoms with Crippen LogP contribution < -0.4 is 10.6 Å². The molecule has 0 aliphatic carbocycles. The number of nitrogen functional groups attached to an aromatic ring is 1. The third kappa shape index (κ3) is 1.72. The zero-order chi connectivity index (χ0) is 9.10. The maximum atomic E-state index is 5.83. The smallest absolute Gasteiger partial charge is 0.0787 e. The summed E-state index contributed by atoms with van der Waals surface area (Å²) in [5, 5.41) is 0. The fourth-order valence-corrected chi connectivity index (χ4v) is 1.47. The Hall–Kier alpha value is -1.29. The summed E-state index contributed by atoms with van der Waals surface area (Å²) in [6.45, 7) is 3.34. The summed E-state index contributed by atoms with van der Waals surface area (Å²) in [6.07, 6.45) is 3.51.